The number of nitrogens with zero attached hydrogens (tertiary/aromatic N) is 4. The number of rotatable bonds is 8. The van der Waals surface area contributed by atoms with E-state index in [0.29, 0.717) is 12.5 Å². The second-order valence-corrected chi connectivity index (χ2v) is 13.0. The molecule has 8 nitrogen and oxygen atoms in total. The minimum absolute atomic E-state index is 0.0408. The minimum Gasteiger partial charge on any atom is -0.389 e. The molecule has 3 N–H and O–H groups in total. The standard InChI is InChI=1S/C31H39BrN6O2/c1-20-17-22(38-15-13-37(14-16-38)19-30(2,3)40)10-12-24(20)35-29-33-18-23(32)25(36-29)11-9-21-7-6-8-26-27(21)31(4,5)28(39)34-26/h6-8,10,12,17-18,40H,9,11,13-16,19H2,1-5H3,(H,34,39)(H,33,35,36). The van der Waals surface area contributed by atoms with Crippen molar-refractivity contribution in [3.8, 4) is 0 Å². The van der Waals surface area contributed by atoms with E-state index in [9.17, 15) is 9.90 Å². The van der Waals surface area contributed by atoms with Crippen molar-refractivity contribution in [2.45, 2.75) is 58.5 Å². The molecule has 0 atom stereocenters. The van der Waals surface area contributed by atoms with Gasteiger partial charge in [-0.05, 0) is 104 Å². The first-order chi connectivity index (χ1) is 18.9. The number of halogens is 1. The van der Waals surface area contributed by atoms with Gasteiger partial charge in [-0.25, -0.2) is 9.97 Å². The van der Waals surface area contributed by atoms with Crippen LogP contribution < -0.4 is 15.5 Å². The Balaban J connectivity index is 1.25. The van der Waals surface area contributed by atoms with Crippen LogP contribution in [-0.2, 0) is 23.1 Å². The fourth-order valence-corrected chi connectivity index (χ4v) is 6.14. The highest BCUT2D eigenvalue weighted by atomic mass is 79.9. The Morgan fingerprint density at radius 1 is 1.12 bits per heavy atom. The maximum atomic E-state index is 12.5. The van der Waals surface area contributed by atoms with Gasteiger partial charge in [0.25, 0.3) is 0 Å². The first kappa shape index (κ1) is 28.5. The van der Waals surface area contributed by atoms with Crippen LogP contribution in [0, 0.1) is 6.92 Å². The van der Waals surface area contributed by atoms with E-state index >= 15 is 0 Å². The van der Waals surface area contributed by atoms with Crippen LogP contribution in [0.4, 0.5) is 23.0 Å². The van der Waals surface area contributed by atoms with Crippen LogP contribution in [-0.4, -0.2) is 64.2 Å². The van der Waals surface area contributed by atoms with E-state index in [0.717, 1.165) is 77.3 Å². The van der Waals surface area contributed by atoms with Crippen LogP contribution in [0.5, 0.6) is 0 Å². The molecule has 3 aromatic rings. The molecule has 5 rings (SSSR count). The van der Waals surface area contributed by atoms with E-state index in [1.54, 1.807) is 6.20 Å². The predicted octanol–water partition coefficient (Wildman–Crippen LogP) is 5.20. The van der Waals surface area contributed by atoms with Crippen LogP contribution in [0.15, 0.2) is 47.1 Å². The molecule has 212 valence electrons. The number of aliphatic hydroxyl groups is 1. The summed E-state index contributed by atoms with van der Waals surface area (Å²) < 4.78 is 0.870. The largest absolute Gasteiger partial charge is 0.389 e. The summed E-state index contributed by atoms with van der Waals surface area (Å²) in [5, 5.41) is 16.6. The van der Waals surface area contributed by atoms with Gasteiger partial charge in [0, 0.05) is 56.0 Å². The summed E-state index contributed by atoms with van der Waals surface area (Å²) in [5.74, 6) is 0.601. The molecule has 0 bridgehead atoms. The molecule has 40 heavy (non-hydrogen) atoms. The van der Waals surface area contributed by atoms with Gasteiger partial charge < -0.3 is 20.6 Å². The average Bonchev–Trinajstić information content (AvgIpc) is 3.13. The topological polar surface area (TPSA) is 93.6 Å². The van der Waals surface area contributed by atoms with Crippen molar-refractivity contribution in [3.05, 3.63) is 69.5 Å². The Morgan fingerprint density at radius 2 is 1.88 bits per heavy atom. The molecule has 2 aromatic carbocycles. The third kappa shape index (κ3) is 6.16. The van der Waals surface area contributed by atoms with Crippen LogP contribution in [0.25, 0.3) is 0 Å². The molecule has 0 spiro atoms. The highest BCUT2D eigenvalue weighted by Crippen LogP contribution is 2.40. The highest BCUT2D eigenvalue weighted by molar-refractivity contribution is 9.10. The van der Waals surface area contributed by atoms with Gasteiger partial charge in [0.15, 0.2) is 0 Å². The summed E-state index contributed by atoms with van der Waals surface area (Å²) >= 11 is 3.63. The van der Waals surface area contributed by atoms with E-state index in [2.05, 4.69) is 72.5 Å². The van der Waals surface area contributed by atoms with Crippen LogP contribution >= 0.6 is 15.9 Å². The fraction of sp³-hybridized carbons (Fsp3) is 0.452. The lowest BCUT2D eigenvalue weighted by molar-refractivity contribution is -0.119. The Labute approximate surface area is 245 Å². The smallest absolute Gasteiger partial charge is 0.234 e. The molecular weight excluding hydrogens is 568 g/mol. The molecule has 0 saturated carbocycles. The average molecular weight is 608 g/mol. The Hall–Kier alpha value is -3.01. The summed E-state index contributed by atoms with van der Waals surface area (Å²) in [5.41, 5.74) is 6.16. The Bertz CT molecular complexity index is 1410. The van der Waals surface area contributed by atoms with E-state index in [-0.39, 0.29) is 5.91 Å². The lowest BCUT2D eigenvalue weighted by atomic mass is 9.82. The number of fused-ring (bicyclic) bond motifs is 1. The number of aryl methyl sites for hydroxylation is 3. The monoisotopic (exact) mass is 606 g/mol. The first-order valence-corrected chi connectivity index (χ1v) is 14.7. The molecule has 1 aromatic heterocycles. The molecule has 0 unspecified atom stereocenters. The summed E-state index contributed by atoms with van der Waals surface area (Å²) in [6, 6.07) is 12.5. The van der Waals surface area contributed by atoms with Gasteiger partial charge in [-0.1, -0.05) is 12.1 Å². The first-order valence-electron chi connectivity index (χ1n) is 13.9. The number of carbonyl (C=O) groups is 1. The molecule has 1 fully saturated rings. The Kier molecular flexibility index (Phi) is 7.92. The number of piperazine rings is 1. The van der Waals surface area contributed by atoms with Crippen molar-refractivity contribution < 1.29 is 9.90 Å². The SMILES string of the molecule is Cc1cc(N2CCN(CC(C)(C)O)CC2)ccc1Nc1ncc(Br)c(CCc2cccc3c2C(C)(C)C(=O)N3)n1. The van der Waals surface area contributed by atoms with E-state index in [4.69, 9.17) is 4.98 Å². The summed E-state index contributed by atoms with van der Waals surface area (Å²) in [4.78, 5) is 26.6. The minimum atomic E-state index is -0.669. The molecule has 1 amide bonds. The summed E-state index contributed by atoms with van der Waals surface area (Å²) in [6.07, 6.45) is 3.29. The quantitative estimate of drug-likeness (QED) is 0.324. The van der Waals surface area contributed by atoms with Gasteiger partial charge in [0.2, 0.25) is 11.9 Å². The number of hydrogen-bond donors (Lipinski definition) is 3. The fourth-order valence-electron chi connectivity index (χ4n) is 5.75. The molecule has 0 aliphatic carbocycles. The van der Waals surface area contributed by atoms with Gasteiger partial charge in [-0.3, -0.25) is 9.69 Å². The molecule has 3 heterocycles. The van der Waals surface area contributed by atoms with E-state index in [1.165, 1.54) is 5.69 Å². The van der Waals surface area contributed by atoms with Crippen molar-refractivity contribution in [2.24, 2.45) is 0 Å². The number of β-amino-alcohol motifs (C(OH)–C–C–N with tert-alkyl or cyclic N) is 1. The zero-order valence-corrected chi connectivity index (χ0v) is 25.6. The highest BCUT2D eigenvalue weighted by Gasteiger charge is 2.39. The molecule has 2 aliphatic rings. The van der Waals surface area contributed by atoms with Crippen LogP contribution in [0.1, 0.15) is 50.1 Å². The number of hydrogen-bond acceptors (Lipinski definition) is 7. The number of carbonyl (C=O) groups excluding carboxylic acids is 1. The maximum absolute atomic E-state index is 12.5. The predicted molar refractivity (Wildman–Crippen MR) is 165 cm³/mol. The van der Waals surface area contributed by atoms with Crippen molar-refractivity contribution in [1.82, 2.24) is 14.9 Å². The number of aromatic nitrogens is 2. The van der Waals surface area contributed by atoms with Gasteiger partial charge in [0.1, 0.15) is 0 Å². The van der Waals surface area contributed by atoms with Gasteiger partial charge in [-0.15, -0.1) is 0 Å². The molecule has 9 heteroatoms. The lowest BCUT2D eigenvalue weighted by Crippen LogP contribution is -2.50. The molecule has 2 aliphatic heterocycles. The third-order valence-electron chi connectivity index (χ3n) is 7.84. The second-order valence-electron chi connectivity index (χ2n) is 12.1. The zero-order chi connectivity index (χ0) is 28.7. The number of nitrogens with one attached hydrogen (secondary N) is 2. The normalized spacial score (nSPS) is 17.1. The van der Waals surface area contributed by atoms with E-state index < -0.39 is 11.0 Å². The van der Waals surface area contributed by atoms with Crippen molar-refractivity contribution in [1.29, 1.82) is 0 Å². The summed E-state index contributed by atoms with van der Waals surface area (Å²) in [7, 11) is 0. The van der Waals surface area contributed by atoms with Crippen molar-refractivity contribution >= 4 is 44.8 Å². The van der Waals surface area contributed by atoms with Crippen LogP contribution in [0.2, 0.25) is 0 Å². The van der Waals surface area contributed by atoms with Crippen molar-refractivity contribution in [3.63, 3.8) is 0 Å². The molecule has 0 radical (unpaired) electrons. The number of anilines is 4. The Morgan fingerprint density at radius 3 is 2.58 bits per heavy atom. The van der Waals surface area contributed by atoms with Crippen LogP contribution in [0.3, 0.4) is 0 Å². The number of benzene rings is 2. The van der Waals surface area contributed by atoms with Gasteiger partial charge in [-0.2, -0.15) is 0 Å². The zero-order valence-electron chi connectivity index (χ0n) is 24.0. The molecule has 1 saturated heterocycles. The summed E-state index contributed by atoms with van der Waals surface area (Å²) in [6.45, 7) is 14.2. The van der Waals surface area contributed by atoms with Crippen molar-refractivity contribution in [2.75, 3.05) is 48.3 Å². The second kappa shape index (κ2) is 11.1. The number of amides is 1. The van der Waals surface area contributed by atoms with E-state index in [1.807, 2.05) is 39.8 Å². The molecular formula is C31H39BrN6O2. The maximum Gasteiger partial charge on any atom is 0.234 e. The lowest BCUT2D eigenvalue weighted by Gasteiger charge is -2.38. The van der Waals surface area contributed by atoms with Gasteiger partial charge >= 0.3 is 0 Å². The third-order valence-corrected chi connectivity index (χ3v) is 8.51. The van der Waals surface area contributed by atoms with Gasteiger partial charge in [0.05, 0.1) is 21.2 Å².